The molecule has 29 heavy (non-hydrogen) atoms. The van der Waals surface area contributed by atoms with Crippen molar-refractivity contribution in [3.8, 4) is 11.1 Å². The number of halogens is 1. The molecule has 1 atom stereocenters. The molecule has 5 nitrogen and oxygen atoms in total. The van der Waals surface area contributed by atoms with Crippen molar-refractivity contribution in [1.29, 1.82) is 0 Å². The van der Waals surface area contributed by atoms with E-state index in [1.54, 1.807) is 61.8 Å². The fourth-order valence-electron chi connectivity index (χ4n) is 2.75. The van der Waals surface area contributed by atoms with E-state index in [2.05, 4.69) is 9.98 Å². The van der Waals surface area contributed by atoms with Crippen LogP contribution in [-0.2, 0) is 9.53 Å². The van der Waals surface area contributed by atoms with Gasteiger partial charge in [-0.15, -0.1) is 0 Å². The van der Waals surface area contributed by atoms with E-state index in [4.69, 9.17) is 4.74 Å². The predicted octanol–water partition coefficient (Wildman–Crippen LogP) is 4.65. The molecule has 1 unspecified atom stereocenters. The van der Waals surface area contributed by atoms with Gasteiger partial charge >= 0.3 is 5.97 Å². The number of aliphatic imine (C=N–C) groups is 1. The van der Waals surface area contributed by atoms with Gasteiger partial charge in [-0.05, 0) is 54.4 Å². The molecule has 2 aromatic carbocycles. The monoisotopic (exact) mass is 390 g/mol. The van der Waals surface area contributed by atoms with E-state index in [1.807, 2.05) is 6.07 Å². The van der Waals surface area contributed by atoms with E-state index in [9.17, 15) is 14.0 Å². The van der Waals surface area contributed by atoms with Gasteiger partial charge in [0.1, 0.15) is 5.82 Å². The average Bonchev–Trinajstić information content (AvgIpc) is 2.75. The highest BCUT2D eigenvalue weighted by Crippen LogP contribution is 2.23. The highest BCUT2D eigenvalue weighted by atomic mass is 19.1. The smallest absolute Gasteiger partial charge is 0.322 e. The van der Waals surface area contributed by atoms with Crippen LogP contribution in [0.2, 0.25) is 0 Å². The Morgan fingerprint density at radius 2 is 1.79 bits per heavy atom. The summed E-state index contributed by atoms with van der Waals surface area (Å²) in [6, 6.07) is 16.6. The predicted molar refractivity (Wildman–Crippen MR) is 109 cm³/mol. The summed E-state index contributed by atoms with van der Waals surface area (Å²) in [5.41, 5.74) is 1.75. The minimum Gasteiger partial charge on any atom is -0.465 e. The lowest BCUT2D eigenvalue weighted by Gasteiger charge is -2.12. The molecule has 0 aliphatic carbocycles. The van der Waals surface area contributed by atoms with Crippen LogP contribution in [0.15, 0.2) is 78.0 Å². The number of ether oxygens (including phenoxy) is 1. The summed E-state index contributed by atoms with van der Waals surface area (Å²) < 4.78 is 19.7. The van der Waals surface area contributed by atoms with Gasteiger partial charge in [0.2, 0.25) is 0 Å². The Balaban J connectivity index is 1.91. The zero-order valence-electron chi connectivity index (χ0n) is 15.8. The van der Waals surface area contributed by atoms with Crippen molar-refractivity contribution in [3.63, 3.8) is 0 Å². The zero-order chi connectivity index (χ0) is 20.6. The largest absolute Gasteiger partial charge is 0.465 e. The maximum absolute atomic E-state index is 14.7. The van der Waals surface area contributed by atoms with Gasteiger partial charge in [0, 0.05) is 18.6 Å². The lowest BCUT2D eigenvalue weighted by Crippen LogP contribution is -2.28. The molecule has 0 amide bonds. The molecule has 0 saturated heterocycles. The quantitative estimate of drug-likeness (QED) is 0.255. The lowest BCUT2D eigenvalue weighted by atomic mass is 9.96. The van der Waals surface area contributed by atoms with Crippen molar-refractivity contribution >= 4 is 23.7 Å². The Hall–Kier alpha value is -3.67. The number of aromatic nitrogens is 1. The van der Waals surface area contributed by atoms with E-state index < -0.39 is 23.5 Å². The first kappa shape index (κ1) is 20.1. The van der Waals surface area contributed by atoms with Crippen molar-refractivity contribution < 1.29 is 18.7 Å². The Labute approximate surface area is 167 Å². The van der Waals surface area contributed by atoms with E-state index in [-0.39, 0.29) is 12.2 Å². The summed E-state index contributed by atoms with van der Waals surface area (Å²) >= 11 is 0. The fourth-order valence-corrected chi connectivity index (χ4v) is 2.75. The number of carbonyl (C=O) groups excluding carboxylic acids is 2. The number of hydrogen-bond donors (Lipinski definition) is 0. The molecule has 1 heterocycles. The maximum atomic E-state index is 14.7. The first-order valence-corrected chi connectivity index (χ1v) is 9.10. The van der Waals surface area contributed by atoms with Crippen LogP contribution in [0, 0.1) is 11.7 Å². The second-order valence-corrected chi connectivity index (χ2v) is 6.14. The van der Waals surface area contributed by atoms with Crippen LogP contribution < -0.4 is 0 Å². The molecule has 0 aliphatic rings. The molecule has 3 rings (SSSR count). The highest BCUT2D eigenvalue weighted by molar-refractivity contribution is 6.18. The molecule has 0 N–H and O–H groups in total. The number of benzene rings is 2. The number of pyridine rings is 1. The van der Waals surface area contributed by atoms with Crippen molar-refractivity contribution in [3.05, 3.63) is 84.4 Å². The minimum absolute atomic E-state index is 0.102. The number of nitrogens with zero attached hydrogens (tertiary/aromatic N) is 2. The van der Waals surface area contributed by atoms with Crippen LogP contribution in [0.25, 0.3) is 11.1 Å². The number of rotatable bonds is 7. The van der Waals surface area contributed by atoms with Crippen molar-refractivity contribution in [2.75, 3.05) is 6.61 Å². The molecule has 0 fully saturated rings. The first-order chi connectivity index (χ1) is 14.1. The Morgan fingerprint density at radius 1 is 1.07 bits per heavy atom. The molecule has 0 radical (unpaired) electrons. The summed E-state index contributed by atoms with van der Waals surface area (Å²) in [7, 11) is 0. The molecule has 0 spiro atoms. The Bertz CT molecular complexity index is 1020. The second kappa shape index (κ2) is 9.50. The molecule has 6 heteroatoms. The summed E-state index contributed by atoms with van der Waals surface area (Å²) in [6.45, 7) is 1.74. The third-order valence-electron chi connectivity index (χ3n) is 4.20. The van der Waals surface area contributed by atoms with Crippen LogP contribution in [0.1, 0.15) is 17.3 Å². The van der Waals surface area contributed by atoms with Gasteiger partial charge in [-0.25, -0.2) is 4.39 Å². The number of ketones is 1. The standard InChI is InChI=1S/C23H19FN2O3/c1-2-29-23(28)20(15-26-18-6-4-3-5-7-18)22(27)19-9-8-17(14-21(19)24)16-10-12-25-13-11-16/h3-15,20H,2H2,1H3. The molecular formula is C23H19FN2O3. The minimum atomic E-state index is -1.34. The summed E-state index contributed by atoms with van der Waals surface area (Å²) in [6.07, 6.45) is 4.40. The van der Waals surface area contributed by atoms with Gasteiger partial charge in [-0.1, -0.05) is 24.3 Å². The maximum Gasteiger partial charge on any atom is 0.322 e. The second-order valence-electron chi connectivity index (χ2n) is 6.14. The molecule has 0 aliphatic heterocycles. The van der Waals surface area contributed by atoms with Crippen molar-refractivity contribution in [2.45, 2.75) is 6.92 Å². The van der Waals surface area contributed by atoms with Crippen LogP contribution >= 0.6 is 0 Å². The Kier molecular flexibility index (Phi) is 6.58. The van der Waals surface area contributed by atoms with Gasteiger partial charge in [0.05, 0.1) is 17.9 Å². The number of hydrogen-bond acceptors (Lipinski definition) is 5. The normalized spacial score (nSPS) is 11.9. The highest BCUT2D eigenvalue weighted by Gasteiger charge is 2.29. The topological polar surface area (TPSA) is 68.6 Å². The molecule has 1 aromatic heterocycles. The molecular weight excluding hydrogens is 371 g/mol. The van der Waals surface area contributed by atoms with Crippen LogP contribution in [-0.4, -0.2) is 29.6 Å². The van der Waals surface area contributed by atoms with Gasteiger partial charge in [-0.2, -0.15) is 0 Å². The van der Waals surface area contributed by atoms with E-state index >= 15 is 0 Å². The lowest BCUT2D eigenvalue weighted by molar-refractivity contribution is -0.143. The van der Waals surface area contributed by atoms with Crippen LogP contribution in [0.4, 0.5) is 10.1 Å². The number of esters is 1. The van der Waals surface area contributed by atoms with Gasteiger partial charge in [0.15, 0.2) is 11.7 Å². The number of carbonyl (C=O) groups is 2. The van der Waals surface area contributed by atoms with Crippen molar-refractivity contribution in [1.82, 2.24) is 4.98 Å². The van der Waals surface area contributed by atoms with Gasteiger partial charge in [0.25, 0.3) is 0 Å². The van der Waals surface area contributed by atoms with E-state index in [0.717, 1.165) is 5.56 Å². The third-order valence-corrected chi connectivity index (χ3v) is 4.20. The SMILES string of the molecule is CCOC(=O)C(C=Nc1ccccc1)C(=O)c1ccc(-c2ccncc2)cc1F. The summed E-state index contributed by atoms with van der Waals surface area (Å²) in [5.74, 6) is -3.53. The van der Waals surface area contributed by atoms with Crippen LogP contribution in [0.3, 0.4) is 0 Å². The number of Topliss-reactive ketones (excluding diaryl/α,β-unsaturated/α-hetero) is 1. The van der Waals surface area contributed by atoms with Crippen LogP contribution in [0.5, 0.6) is 0 Å². The Morgan fingerprint density at radius 3 is 2.45 bits per heavy atom. The molecule has 0 bridgehead atoms. The van der Waals surface area contributed by atoms with Gasteiger partial charge < -0.3 is 4.74 Å². The summed E-state index contributed by atoms with van der Waals surface area (Å²) in [4.78, 5) is 33.3. The molecule has 3 aromatic rings. The summed E-state index contributed by atoms with van der Waals surface area (Å²) in [5, 5.41) is 0. The zero-order valence-corrected chi connectivity index (χ0v) is 15.8. The van der Waals surface area contributed by atoms with Crippen molar-refractivity contribution in [2.24, 2.45) is 10.9 Å². The fraction of sp³-hybridized carbons (Fsp3) is 0.130. The van der Waals surface area contributed by atoms with Gasteiger partial charge in [-0.3, -0.25) is 19.6 Å². The number of para-hydroxylation sites is 1. The van der Waals surface area contributed by atoms with E-state index in [1.165, 1.54) is 18.3 Å². The average molecular weight is 390 g/mol. The third kappa shape index (κ3) is 4.99. The van der Waals surface area contributed by atoms with E-state index in [0.29, 0.717) is 11.3 Å². The molecule has 146 valence electrons. The molecule has 0 saturated carbocycles. The first-order valence-electron chi connectivity index (χ1n) is 9.10.